The molecule has 124 valence electrons. The summed E-state index contributed by atoms with van der Waals surface area (Å²) in [5.41, 5.74) is 1.30. The number of carbonyl (C=O) groups excluding carboxylic acids is 1. The Morgan fingerprint density at radius 3 is 2.83 bits per heavy atom. The molecule has 3 rings (SSSR count). The Labute approximate surface area is 143 Å². The van der Waals surface area contributed by atoms with E-state index in [4.69, 9.17) is 16.0 Å². The first kappa shape index (κ1) is 16.5. The molecule has 0 aliphatic carbocycles. The smallest absolute Gasteiger partial charge is 0.253 e. The molecule has 0 radical (unpaired) electrons. The van der Waals surface area contributed by atoms with Crippen LogP contribution in [0.2, 0.25) is 5.02 Å². The summed E-state index contributed by atoms with van der Waals surface area (Å²) in [7, 11) is 0. The van der Waals surface area contributed by atoms with Gasteiger partial charge >= 0.3 is 0 Å². The molecule has 0 atom stereocenters. The van der Waals surface area contributed by atoms with E-state index in [2.05, 4.69) is 17.2 Å². The van der Waals surface area contributed by atoms with Gasteiger partial charge in [-0.25, -0.2) is 4.98 Å². The zero-order valence-corrected chi connectivity index (χ0v) is 14.2. The average molecular weight is 345 g/mol. The van der Waals surface area contributed by atoms with Gasteiger partial charge < -0.3 is 9.73 Å². The van der Waals surface area contributed by atoms with Gasteiger partial charge in [0.1, 0.15) is 5.58 Å². The fraction of sp³-hybridized carbons (Fsp3) is 0.278. The largest absolute Gasteiger partial charge is 0.437 e. The van der Waals surface area contributed by atoms with Crippen molar-refractivity contribution in [2.45, 2.75) is 26.7 Å². The number of aryl methyl sites for hydroxylation is 1. The number of pyridine rings is 1. The Kier molecular flexibility index (Phi) is 4.53. The number of rotatable bonds is 4. The Bertz CT molecular complexity index is 995. The van der Waals surface area contributed by atoms with Crippen molar-refractivity contribution in [3.05, 3.63) is 50.8 Å². The van der Waals surface area contributed by atoms with Gasteiger partial charge in [0.2, 0.25) is 11.1 Å². The van der Waals surface area contributed by atoms with Gasteiger partial charge in [0.15, 0.2) is 0 Å². The molecule has 0 saturated carbocycles. The number of hydrogen-bond donors (Lipinski definition) is 1. The normalized spacial score (nSPS) is 11.1. The Morgan fingerprint density at radius 1 is 1.29 bits per heavy atom. The van der Waals surface area contributed by atoms with Crippen LogP contribution < -0.4 is 10.7 Å². The van der Waals surface area contributed by atoms with E-state index in [1.165, 1.54) is 0 Å². The first-order valence-electron chi connectivity index (χ1n) is 7.83. The van der Waals surface area contributed by atoms with Gasteiger partial charge in [-0.2, -0.15) is 0 Å². The lowest BCUT2D eigenvalue weighted by Gasteiger charge is -2.08. The van der Waals surface area contributed by atoms with Crippen molar-refractivity contribution in [3.8, 4) is 0 Å². The molecule has 0 aliphatic rings. The molecule has 2 heterocycles. The number of carbonyl (C=O) groups is 1. The fourth-order valence-corrected chi connectivity index (χ4v) is 2.72. The molecule has 0 fully saturated rings. The van der Waals surface area contributed by atoms with E-state index < -0.39 is 0 Å². The van der Waals surface area contributed by atoms with Crippen molar-refractivity contribution in [3.63, 3.8) is 0 Å². The van der Waals surface area contributed by atoms with Gasteiger partial charge in [-0.15, -0.1) is 0 Å². The van der Waals surface area contributed by atoms with E-state index in [9.17, 15) is 9.59 Å². The third-order valence-corrected chi connectivity index (χ3v) is 4.11. The fourth-order valence-electron chi connectivity index (χ4n) is 2.55. The van der Waals surface area contributed by atoms with Gasteiger partial charge in [0.05, 0.1) is 22.0 Å². The van der Waals surface area contributed by atoms with E-state index in [0.29, 0.717) is 33.8 Å². The highest BCUT2D eigenvalue weighted by atomic mass is 35.5. The number of fused-ring (bicyclic) bond motifs is 2. The van der Waals surface area contributed by atoms with E-state index >= 15 is 0 Å². The molecule has 2 aromatic heterocycles. The standard InChI is InChI=1S/C18H17ClN2O3/c1-3-4-7-20-17(23)12-9-14-16(22)13-8-11(19)5-6-15(13)24-18(14)21-10(12)2/h5-6,8-9H,3-4,7H2,1-2H3,(H,20,23). The van der Waals surface area contributed by atoms with E-state index in [0.717, 1.165) is 12.8 Å². The number of halogens is 1. The van der Waals surface area contributed by atoms with E-state index in [1.54, 1.807) is 31.2 Å². The van der Waals surface area contributed by atoms with Gasteiger partial charge in [0, 0.05) is 11.6 Å². The summed E-state index contributed by atoms with van der Waals surface area (Å²) in [6.07, 6.45) is 1.89. The van der Waals surface area contributed by atoms with Crippen LogP contribution >= 0.6 is 11.6 Å². The molecule has 0 saturated heterocycles. The van der Waals surface area contributed by atoms with Crippen LogP contribution in [0.3, 0.4) is 0 Å². The number of aromatic nitrogens is 1. The summed E-state index contributed by atoms with van der Waals surface area (Å²) in [4.78, 5) is 29.3. The lowest BCUT2D eigenvalue weighted by atomic mass is 10.1. The number of nitrogens with one attached hydrogen (secondary N) is 1. The number of amides is 1. The summed E-state index contributed by atoms with van der Waals surface area (Å²) in [5, 5.41) is 3.94. The van der Waals surface area contributed by atoms with Gasteiger partial charge in [-0.05, 0) is 37.6 Å². The summed E-state index contributed by atoms with van der Waals surface area (Å²) in [6.45, 7) is 4.37. The molecule has 1 aromatic carbocycles. The molecule has 1 amide bonds. The van der Waals surface area contributed by atoms with Gasteiger partial charge in [0.25, 0.3) is 5.91 Å². The van der Waals surface area contributed by atoms with Gasteiger partial charge in [-0.3, -0.25) is 9.59 Å². The second-order valence-electron chi connectivity index (χ2n) is 5.66. The number of nitrogens with zero attached hydrogens (tertiary/aromatic N) is 1. The number of benzene rings is 1. The van der Waals surface area contributed by atoms with Gasteiger partial charge in [-0.1, -0.05) is 24.9 Å². The molecule has 24 heavy (non-hydrogen) atoms. The maximum absolute atomic E-state index is 12.7. The summed E-state index contributed by atoms with van der Waals surface area (Å²) < 4.78 is 5.69. The SMILES string of the molecule is CCCCNC(=O)c1cc2c(=O)c3cc(Cl)ccc3oc2nc1C. The van der Waals surface area contributed by atoms with Crippen LogP contribution in [0, 0.1) is 6.92 Å². The summed E-state index contributed by atoms with van der Waals surface area (Å²) in [6, 6.07) is 6.40. The number of hydrogen-bond acceptors (Lipinski definition) is 4. The molecule has 6 heteroatoms. The molecule has 0 spiro atoms. The van der Waals surface area contributed by atoms with Crippen LogP contribution in [0.4, 0.5) is 0 Å². The van der Waals surface area contributed by atoms with Crippen molar-refractivity contribution in [2.24, 2.45) is 0 Å². The highest BCUT2D eigenvalue weighted by molar-refractivity contribution is 6.31. The maximum Gasteiger partial charge on any atom is 0.253 e. The third-order valence-electron chi connectivity index (χ3n) is 3.88. The predicted molar refractivity (Wildman–Crippen MR) is 94.8 cm³/mol. The lowest BCUT2D eigenvalue weighted by Crippen LogP contribution is -2.25. The first-order chi connectivity index (χ1) is 11.5. The van der Waals surface area contributed by atoms with E-state index in [1.807, 2.05) is 0 Å². The highest BCUT2D eigenvalue weighted by Gasteiger charge is 2.16. The predicted octanol–water partition coefficient (Wildman–Crippen LogP) is 3.83. The second-order valence-corrected chi connectivity index (χ2v) is 6.09. The van der Waals surface area contributed by atoms with Crippen molar-refractivity contribution < 1.29 is 9.21 Å². The van der Waals surface area contributed by atoms with Crippen molar-refractivity contribution >= 4 is 39.6 Å². The quantitative estimate of drug-likeness (QED) is 0.576. The zero-order valence-electron chi connectivity index (χ0n) is 13.5. The lowest BCUT2D eigenvalue weighted by molar-refractivity contribution is 0.0952. The second kappa shape index (κ2) is 6.61. The van der Waals surface area contributed by atoms with Crippen molar-refractivity contribution in [1.82, 2.24) is 10.3 Å². The molecule has 3 aromatic rings. The average Bonchev–Trinajstić information content (AvgIpc) is 2.55. The molecular weight excluding hydrogens is 328 g/mol. The minimum atomic E-state index is -0.246. The van der Waals surface area contributed by atoms with Crippen LogP contribution in [-0.4, -0.2) is 17.4 Å². The summed E-state index contributed by atoms with van der Waals surface area (Å²) >= 11 is 5.96. The Balaban J connectivity index is 2.15. The van der Waals surface area contributed by atoms with Crippen molar-refractivity contribution in [2.75, 3.05) is 6.54 Å². The maximum atomic E-state index is 12.7. The Hall–Kier alpha value is -2.40. The third kappa shape index (κ3) is 2.99. The molecular formula is C18H17ClN2O3. The molecule has 1 N–H and O–H groups in total. The van der Waals surface area contributed by atoms with Crippen molar-refractivity contribution in [1.29, 1.82) is 0 Å². The topological polar surface area (TPSA) is 72.2 Å². The molecule has 0 unspecified atom stereocenters. The van der Waals surface area contributed by atoms with Crippen LogP contribution in [-0.2, 0) is 0 Å². The summed E-state index contributed by atoms with van der Waals surface area (Å²) in [5.74, 6) is -0.235. The number of unbranched alkanes of at least 4 members (excludes halogenated alkanes) is 1. The minimum Gasteiger partial charge on any atom is -0.437 e. The monoisotopic (exact) mass is 344 g/mol. The molecule has 5 nitrogen and oxygen atoms in total. The van der Waals surface area contributed by atoms with Crippen LogP contribution in [0.25, 0.3) is 22.1 Å². The Morgan fingerprint density at radius 2 is 2.08 bits per heavy atom. The minimum absolute atomic E-state index is 0.220. The first-order valence-corrected chi connectivity index (χ1v) is 8.21. The van der Waals surface area contributed by atoms with Crippen LogP contribution in [0.1, 0.15) is 35.8 Å². The van der Waals surface area contributed by atoms with E-state index in [-0.39, 0.29) is 22.4 Å². The molecule has 0 aliphatic heterocycles. The highest BCUT2D eigenvalue weighted by Crippen LogP contribution is 2.22. The zero-order chi connectivity index (χ0) is 17.3. The van der Waals surface area contributed by atoms with Crippen LogP contribution in [0.15, 0.2) is 33.5 Å². The molecule has 0 bridgehead atoms. The van der Waals surface area contributed by atoms with Crippen LogP contribution in [0.5, 0.6) is 0 Å².